The first-order valence-corrected chi connectivity index (χ1v) is 6.59. The third kappa shape index (κ3) is 4.12. The van der Waals surface area contributed by atoms with Crippen molar-refractivity contribution in [2.75, 3.05) is 6.54 Å². The van der Waals surface area contributed by atoms with Gasteiger partial charge in [0.2, 0.25) is 0 Å². The lowest BCUT2D eigenvalue weighted by molar-refractivity contribution is 0.0903. The summed E-state index contributed by atoms with van der Waals surface area (Å²) < 4.78 is 0. The van der Waals surface area contributed by atoms with Gasteiger partial charge in [0.25, 0.3) is 0 Å². The molecule has 0 radical (unpaired) electrons. The maximum atomic E-state index is 9.50. The van der Waals surface area contributed by atoms with Gasteiger partial charge in [-0.15, -0.1) is 0 Å². The molecule has 1 aliphatic rings. The van der Waals surface area contributed by atoms with Crippen molar-refractivity contribution in [2.24, 2.45) is 0 Å². The van der Waals surface area contributed by atoms with Crippen molar-refractivity contribution in [1.82, 2.24) is 4.90 Å². The fourth-order valence-electron chi connectivity index (χ4n) is 2.63. The highest BCUT2D eigenvalue weighted by atomic mass is 16.3. The van der Waals surface area contributed by atoms with Crippen LogP contribution < -0.4 is 0 Å². The molecular weight excluding hydrogens is 186 g/mol. The molecule has 0 amide bonds. The van der Waals surface area contributed by atoms with E-state index >= 15 is 0 Å². The zero-order chi connectivity index (χ0) is 11.3. The molecule has 1 heterocycles. The summed E-state index contributed by atoms with van der Waals surface area (Å²) in [7, 11) is 0. The lowest BCUT2D eigenvalue weighted by atomic mass is 9.97. The van der Waals surface area contributed by atoms with Crippen molar-refractivity contribution in [3.05, 3.63) is 0 Å². The minimum Gasteiger partial charge on any atom is -0.393 e. The molecule has 90 valence electrons. The maximum absolute atomic E-state index is 9.50. The van der Waals surface area contributed by atoms with Crippen molar-refractivity contribution in [1.29, 1.82) is 0 Å². The van der Waals surface area contributed by atoms with Crippen LogP contribution in [0.2, 0.25) is 0 Å². The van der Waals surface area contributed by atoms with Crippen LogP contribution in [0.25, 0.3) is 0 Å². The normalized spacial score (nSPS) is 30.4. The average Bonchev–Trinajstić information content (AvgIpc) is 2.22. The van der Waals surface area contributed by atoms with Crippen molar-refractivity contribution in [3.8, 4) is 0 Å². The zero-order valence-electron chi connectivity index (χ0n) is 10.6. The van der Waals surface area contributed by atoms with Crippen LogP contribution in [0.3, 0.4) is 0 Å². The van der Waals surface area contributed by atoms with Crippen LogP contribution in [0.4, 0.5) is 0 Å². The number of aliphatic hydroxyl groups excluding tert-OH is 1. The first-order chi connectivity index (χ1) is 7.15. The Morgan fingerprint density at radius 2 is 1.87 bits per heavy atom. The topological polar surface area (TPSA) is 23.5 Å². The molecule has 0 aromatic rings. The molecule has 1 unspecified atom stereocenters. The summed E-state index contributed by atoms with van der Waals surface area (Å²) in [5.41, 5.74) is 0. The minimum absolute atomic E-state index is 0.0830. The molecule has 0 aromatic heterocycles. The highest BCUT2D eigenvalue weighted by Gasteiger charge is 2.23. The van der Waals surface area contributed by atoms with Gasteiger partial charge in [-0.25, -0.2) is 0 Å². The molecule has 3 atom stereocenters. The Hall–Kier alpha value is -0.0800. The van der Waals surface area contributed by atoms with E-state index < -0.39 is 0 Å². The number of likely N-dealkylation sites (tertiary alicyclic amines) is 1. The molecule has 1 saturated heterocycles. The van der Waals surface area contributed by atoms with E-state index in [0.717, 1.165) is 31.3 Å². The van der Waals surface area contributed by atoms with Gasteiger partial charge in [0.15, 0.2) is 0 Å². The molecule has 1 fully saturated rings. The van der Waals surface area contributed by atoms with Crippen LogP contribution in [0.5, 0.6) is 0 Å². The van der Waals surface area contributed by atoms with Crippen LogP contribution in [0, 0.1) is 0 Å². The third-order valence-corrected chi connectivity index (χ3v) is 3.80. The van der Waals surface area contributed by atoms with Crippen LogP contribution in [-0.2, 0) is 0 Å². The summed E-state index contributed by atoms with van der Waals surface area (Å²) in [5.74, 6) is 0. The van der Waals surface area contributed by atoms with E-state index in [1.807, 2.05) is 0 Å². The van der Waals surface area contributed by atoms with Crippen molar-refractivity contribution >= 4 is 0 Å². The number of rotatable bonds is 5. The van der Waals surface area contributed by atoms with Gasteiger partial charge in [-0.3, -0.25) is 4.90 Å². The highest BCUT2D eigenvalue weighted by molar-refractivity contribution is 4.79. The first-order valence-electron chi connectivity index (χ1n) is 6.59. The molecule has 1 aliphatic heterocycles. The van der Waals surface area contributed by atoms with Gasteiger partial charge in [-0.2, -0.15) is 0 Å². The van der Waals surface area contributed by atoms with Gasteiger partial charge in [0, 0.05) is 12.1 Å². The molecular formula is C13H27NO. The summed E-state index contributed by atoms with van der Waals surface area (Å²) >= 11 is 0. The smallest absolute Gasteiger partial charge is 0.0538 e. The summed E-state index contributed by atoms with van der Waals surface area (Å²) in [5, 5.41) is 9.50. The Kier molecular flexibility index (Phi) is 5.62. The molecule has 0 bridgehead atoms. The molecule has 1 N–H and O–H groups in total. The summed E-state index contributed by atoms with van der Waals surface area (Å²) in [4.78, 5) is 2.62. The number of nitrogens with zero attached hydrogens (tertiary/aromatic N) is 1. The second kappa shape index (κ2) is 6.49. The molecule has 0 aromatic carbocycles. The van der Waals surface area contributed by atoms with Crippen LogP contribution in [0.1, 0.15) is 59.3 Å². The van der Waals surface area contributed by atoms with Crippen molar-refractivity contribution < 1.29 is 5.11 Å². The molecule has 0 aliphatic carbocycles. The molecule has 0 saturated carbocycles. The van der Waals surface area contributed by atoms with Gasteiger partial charge in [0.05, 0.1) is 6.10 Å². The van der Waals surface area contributed by atoms with E-state index in [2.05, 4.69) is 25.7 Å². The summed E-state index contributed by atoms with van der Waals surface area (Å²) in [6, 6.07) is 1.49. The Labute approximate surface area is 94.7 Å². The maximum Gasteiger partial charge on any atom is 0.0538 e. The molecule has 15 heavy (non-hydrogen) atoms. The molecule has 1 rings (SSSR count). The number of piperidine rings is 1. The Morgan fingerprint density at radius 1 is 1.27 bits per heavy atom. The number of hydrogen-bond acceptors (Lipinski definition) is 2. The number of aliphatic hydroxyl groups is 1. The van der Waals surface area contributed by atoms with Crippen LogP contribution in [-0.4, -0.2) is 34.7 Å². The summed E-state index contributed by atoms with van der Waals surface area (Å²) in [6.45, 7) is 7.90. The SMILES string of the molecule is CCC(O)CCCN1[C@H](C)CCC[C@@H]1C. The Morgan fingerprint density at radius 3 is 2.40 bits per heavy atom. The van der Waals surface area contributed by atoms with E-state index in [0.29, 0.717) is 0 Å². The first kappa shape index (κ1) is 13.0. The van der Waals surface area contributed by atoms with Gasteiger partial charge in [-0.05, 0) is 52.5 Å². The van der Waals surface area contributed by atoms with E-state index in [4.69, 9.17) is 0 Å². The number of hydrogen-bond donors (Lipinski definition) is 1. The quantitative estimate of drug-likeness (QED) is 0.759. The fraction of sp³-hybridized carbons (Fsp3) is 1.00. The monoisotopic (exact) mass is 213 g/mol. The molecule has 2 heteroatoms. The summed E-state index contributed by atoms with van der Waals surface area (Å²) in [6.07, 6.45) is 7.00. The third-order valence-electron chi connectivity index (χ3n) is 3.80. The van der Waals surface area contributed by atoms with Gasteiger partial charge < -0.3 is 5.11 Å². The second-order valence-electron chi connectivity index (χ2n) is 5.07. The van der Waals surface area contributed by atoms with Crippen LogP contribution >= 0.6 is 0 Å². The Balaban J connectivity index is 2.23. The van der Waals surface area contributed by atoms with Crippen molar-refractivity contribution in [3.63, 3.8) is 0 Å². The van der Waals surface area contributed by atoms with E-state index in [1.54, 1.807) is 0 Å². The predicted molar refractivity (Wildman–Crippen MR) is 65.0 cm³/mol. The fourth-order valence-corrected chi connectivity index (χ4v) is 2.63. The Bertz CT molecular complexity index is 162. The minimum atomic E-state index is -0.0830. The highest BCUT2D eigenvalue weighted by Crippen LogP contribution is 2.22. The molecule has 2 nitrogen and oxygen atoms in total. The lowest BCUT2D eigenvalue weighted by Crippen LogP contribution is -2.44. The average molecular weight is 213 g/mol. The standard InChI is InChI=1S/C13H27NO/c1-4-13(15)9-6-10-14-11(2)7-5-8-12(14)3/h11-13,15H,4-10H2,1-3H3/t11-,12+,13?. The largest absolute Gasteiger partial charge is 0.393 e. The van der Waals surface area contributed by atoms with E-state index in [-0.39, 0.29) is 6.10 Å². The zero-order valence-corrected chi connectivity index (χ0v) is 10.6. The second-order valence-corrected chi connectivity index (χ2v) is 5.07. The van der Waals surface area contributed by atoms with Gasteiger partial charge in [0.1, 0.15) is 0 Å². The van der Waals surface area contributed by atoms with Crippen LogP contribution in [0.15, 0.2) is 0 Å². The van der Waals surface area contributed by atoms with Crippen molar-refractivity contribution in [2.45, 2.75) is 77.5 Å². The van der Waals surface area contributed by atoms with E-state index in [1.165, 1.54) is 25.8 Å². The van der Waals surface area contributed by atoms with Gasteiger partial charge >= 0.3 is 0 Å². The lowest BCUT2D eigenvalue weighted by Gasteiger charge is -2.39. The molecule has 0 spiro atoms. The predicted octanol–water partition coefficient (Wildman–Crippen LogP) is 2.80. The van der Waals surface area contributed by atoms with E-state index in [9.17, 15) is 5.11 Å². The van der Waals surface area contributed by atoms with Gasteiger partial charge in [-0.1, -0.05) is 13.3 Å².